The molecular weight excluding hydrogens is 310 g/mol. The van der Waals surface area contributed by atoms with E-state index < -0.39 is 11.7 Å². The number of hydrogen-bond donors (Lipinski definition) is 1. The van der Waals surface area contributed by atoms with Gasteiger partial charge in [-0.05, 0) is 38.5 Å². The van der Waals surface area contributed by atoms with Crippen LogP contribution in [0.2, 0.25) is 0 Å². The number of hydrogen-bond acceptors (Lipinski definition) is 3. The average molecular weight is 328 g/mol. The smallest absolute Gasteiger partial charge is 0.408 e. The highest BCUT2D eigenvalue weighted by molar-refractivity contribution is 9.10. The predicted molar refractivity (Wildman–Crippen MR) is 76.9 cm³/mol. The van der Waals surface area contributed by atoms with Gasteiger partial charge in [0.2, 0.25) is 0 Å². The molecule has 0 bridgehead atoms. The van der Waals surface area contributed by atoms with Crippen LogP contribution in [-0.2, 0) is 9.53 Å². The number of amides is 1. The molecule has 1 aromatic rings. The first-order valence-electron chi connectivity index (χ1n) is 6.00. The van der Waals surface area contributed by atoms with Crippen molar-refractivity contribution in [3.05, 3.63) is 34.3 Å². The van der Waals surface area contributed by atoms with E-state index in [0.717, 1.165) is 16.3 Å². The van der Waals surface area contributed by atoms with Crippen molar-refractivity contribution < 1.29 is 14.3 Å². The van der Waals surface area contributed by atoms with E-state index >= 15 is 0 Å². The molecule has 19 heavy (non-hydrogen) atoms. The minimum Gasteiger partial charge on any atom is -0.444 e. The van der Waals surface area contributed by atoms with Gasteiger partial charge in [0.1, 0.15) is 11.9 Å². The number of aldehydes is 1. The second kappa shape index (κ2) is 6.70. The molecule has 0 aliphatic heterocycles. The van der Waals surface area contributed by atoms with E-state index in [1.54, 1.807) is 20.8 Å². The van der Waals surface area contributed by atoms with Crippen molar-refractivity contribution in [2.45, 2.75) is 38.8 Å². The highest BCUT2D eigenvalue weighted by Gasteiger charge is 2.20. The maximum absolute atomic E-state index is 11.7. The molecule has 0 fully saturated rings. The molecule has 0 saturated heterocycles. The summed E-state index contributed by atoms with van der Waals surface area (Å²) in [4.78, 5) is 22.5. The fraction of sp³-hybridized carbons (Fsp3) is 0.429. The summed E-state index contributed by atoms with van der Waals surface area (Å²) in [5.41, 5.74) is 0.292. The molecule has 5 heteroatoms. The fourth-order valence-electron chi connectivity index (χ4n) is 1.55. The van der Waals surface area contributed by atoms with Crippen LogP contribution in [0.1, 0.15) is 38.8 Å². The molecule has 1 N–H and O–H groups in total. The van der Waals surface area contributed by atoms with Crippen molar-refractivity contribution in [1.82, 2.24) is 5.32 Å². The summed E-state index contributed by atoms with van der Waals surface area (Å²) in [7, 11) is 0. The summed E-state index contributed by atoms with van der Waals surface area (Å²) in [6, 6.07) is 7.08. The lowest BCUT2D eigenvalue weighted by Crippen LogP contribution is -2.35. The molecule has 0 radical (unpaired) electrons. The summed E-state index contributed by atoms with van der Waals surface area (Å²) in [5.74, 6) is 0. The van der Waals surface area contributed by atoms with E-state index in [0.29, 0.717) is 0 Å². The molecule has 0 heterocycles. The zero-order valence-electron chi connectivity index (χ0n) is 11.3. The highest BCUT2D eigenvalue weighted by atomic mass is 79.9. The normalized spacial score (nSPS) is 12.6. The molecule has 0 unspecified atom stereocenters. The van der Waals surface area contributed by atoms with Crippen molar-refractivity contribution in [3.8, 4) is 0 Å². The molecular formula is C14H18BrNO3. The third kappa shape index (κ3) is 5.87. The predicted octanol–water partition coefficient (Wildman–Crippen LogP) is 3.60. The standard InChI is InChI=1S/C14H18BrNO3/c1-14(2,3)19-13(18)16-12(7-8-17)10-5-4-6-11(15)9-10/h4-6,8-9,12H,7H2,1-3H3,(H,16,18)/t12-/m0/s1. The second-order valence-corrected chi connectivity index (χ2v) is 6.07. The molecule has 0 aromatic heterocycles. The van der Waals surface area contributed by atoms with Gasteiger partial charge in [0, 0.05) is 10.9 Å². The van der Waals surface area contributed by atoms with Gasteiger partial charge in [0.05, 0.1) is 6.04 Å². The number of nitrogens with one attached hydrogen (secondary N) is 1. The lowest BCUT2D eigenvalue weighted by molar-refractivity contribution is -0.108. The van der Waals surface area contributed by atoms with E-state index in [2.05, 4.69) is 21.2 Å². The molecule has 104 valence electrons. The molecule has 1 rings (SSSR count). The SMILES string of the molecule is CC(C)(C)OC(=O)N[C@@H](CC=O)c1cccc(Br)c1. The number of alkyl carbamates (subject to hydrolysis) is 1. The average Bonchev–Trinajstić information content (AvgIpc) is 2.26. The van der Waals surface area contributed by atoms with Crippen molar-refractivity contribution >= 4 is 28.3 Å². The van der Waals surface area contributed by atoms with Crippen LogP contribution in [0.4, 0.5) is 4.79 Å². The number of halogens is 1. The number of carbonyl (C=O) groups is 2. The van der Waals surface area contributed by atoms with Gasteiger partial charge in [-0.15, -0.1) is 0 Å². The van der Waals surface area contributed by atoms with Crippen molar-refractivity contribution in [3.63, 3.8) is 0 Å². The zero-order valence-corrected chi connectivity index (χ0v) is 12.9. The number of ether oxygens (including phenoxy) is 1. The Bertz CT molecular complexity index is 454. The van der Waals surface area contributed by atoms with Crippen LogP contribution in [0, 0.1) is 0 Å². The first-order valence-corrected chi connectivity index (χ1v) is 6.80. The summed E-state index contributed by atoms with van der Waals surface area (Å²) < 4.78 is 6.08. The third-order valence-corrected chi connectivity index (χ3v) is 2.77. The number of benzene rings is 1. The summed E-state index contributed by atoms with van der Waals surface area (Å²) >= 11 is 3.36. The van der Waals surface area contributed by atoms with Crippen LogP contribution in [0.5, 0.6) is 0 Å². The first-order chi connectivity index (χ1) is 8.81. The molecule has 1 atom stereocenters. The Labute approximate surface area is 121 Å². The minimum atomic E-state index is -0.562. The largest absolute Gasteiger partial charge is 0.444 e. The van der Waals surface area contributed by atoms with Gasteiger partial charge in [-0.1, -0.05) is 28.1 Å². The van der Waals surface area contributed by atoms with Gasteiger partial charge in [0.15, 0.2) is 0 Å². The quantitative estimate of drug-likeness (QED) is 0.859. The van der Waals surface area contributed by atoms with Gasteiger partial charge < -0.3 is 14.8 Å². The Morgan fingerprint density at radius 2 is 2.16 bits per heavy atom. The molecule has 0 aliphatic rings. The van der Waals surface area contributed by atoms with Crippen LogP contribution in [0.15, 0.2) is 28.7 Å². The van der Waals surface area contributed by atoms with Crippen LogP contribution in [0.3, 0.4) is 0 Å². The van der Waals surface area contributed by atoms with Crippen molar-refractivity contribution in [2.24, 2.45) is 0 Å². The monoisotopic (exact) mass is 327 g/mol. The van der Waals surface area contributed by atoms with E-state index in [4.69, 9.17) is 4.74 Å². The number of rotatable bonds is 4. The third-order valence-electron chi connectivity index (χ3n) is 2.27. The van der Waals surface area contributed by atoms with E-state index in [9.17, 15) is 9.59 Å². The number of carbonyl (C=O) groups excluding carboxylic acids is 2. The van der Waals surface area contributed by atoms with Crippen LogP contribution in [-0.4, -0.2) is 18.0 Å². The van der Waals surface area contributed by atoms with Crippen LogP contribution >= 0.6 is 15.9 Å². The van der Waals surface area contributed by atoms with Gasteiger partial charge in [-0.25, -0.2) is 4.79 Å². The van der Waals surface area contributed by atoms with E-state index in [-0.39, 0.29) is 12.5 Å². The lowest BCUT2D eigenvalue weighted by atomic mass is 10.0. The Kier molecular flexibility index (Phi) is 5.54. The van der Waals surface area contributed by atoms with Gasteiger partial charge >= 0.3 is 6.09 Å². The summed E-state index contributed by atoms with van der Waals surface area (Å²) in [6.07, 6.45) is 0.456. The molecule has 1 amide bonds. The maximum Gasteiger partial charge on any atom is 0.408 e. The van der Waals surface area contributed by atoms with Crippen molar-refractivity contribution in [1.29, 1.82) is 0 Å². The highest BCUT2D eigenvalue weighted by Crippen LogP contribution is 2.20. The van der Waals surface area contributed by atoms with Gasteiger partial charge in [-0.3, -0.25) is 0 Å². The fourth-order valence-corrected chi connectivity index (χ4v) is 1.96. The first kappa shape index (κ1) is 15.7. The van der Waals surface area contributed by atoms with E-state index in [1.807, 2.05) is 24.3 Å². The second-order valence-electron chi connectivity index (χ2n) is 5.16. The molecule has 0 saturated carbocycles. The molecule has 1 aromatic carbocycles. The van der Waals surface area contributed by atoms with Crippen LogP contribution in [0.25, 0.3) is 0 Å². The molecule has 0 aliphatic carbocycles. The molecule has 4 nitrogen and oxygen atoms in total. The maximum atomic E-state index is 11.7. The summed E-state index contributed by atoms with van der Waals surface area (Å²) in [5, 5.41) is 2.70. The molecule has 0 spiro atoms. The van der Waals surface area contributed by atoms with E-state index in [1.165, 1.54) is 0 Å². The Morgan fingerprint density at radius 3 is 2.68 bits per heavy atom. The lowest BCUT2D eigenvalue weighted by Gasteiger charge is -2.23. The van der Waals surface area contributed by atoms with Gasteiger partial charge in [-0.2, -0.15) is 0 Å². The Balaban J connectivity index is 2.78. The minimum absolute atomic E-state index is 0.204. The van der Waals surface area contributed by atoms with Gasteiger partial charge in [0.25, 0.3) is 0 Å². The van der Waals surface area contributed by atoms with Crippen molar-refractivity contribution in [2.75, 3.05) is 0 Å². The topological polar surface area (TPSA) is 55.4 Å². The summed E-state index contributed by atoms with van der Waals surface area (Å²) in [6.45, 7) is 5.38. The zero-order chi connectivity index (χ0) is 14.5. The van der Waals surface area contributed by atoms with Crippen LogP contribution < -0.4 is 5.32 Å². The Morgan fingerprint density at radius 1 is 1.47 bits per heavy atom. The Hall–Kier alpha value is -1.36.